The summed E-state index contributed by atoms with van der Waals surface area (Å²) in [5.74, 6) is -1.55. The number of thiazole rings is 1. The van der Waals surface area contributed by atoms with E-state index in [2.05, 4.69) is 4.98 Å². The molecular weight excluding hydrogens is 370 g/mol. The maximum Gasteiger partial charge on any atom is 0.242 e. The Kier molecular flexibility index (Phi) is 4.87. The first-order valence-electron chi connectivity index (χ1n) is 7.66. The number of hydrogen-bond donors (Lipinski definition) is 0. The minimum atomic E-state index is -3.67. The van der Waals surface area contributed by atoms with Gasteiger partial charge in [0.15, 0.2) is 11.7 Å². The van der Waals surface area contributed by atoms with E-state index in [0.717, 1.165) is 14.5 Å². The molecule has 0 saturated carbocycles. The normalized spacial score (nSPS) is 12.8. The quantitative estimate of drug-likeness (QED) is 0.630. The van der Waals surface area contributed by atoms with E-state index in [4.69, 9.17) is 0 Å². The van der Waals surface area contributed by atoms with Crippen LogP contribution in [0.25, 0.3) is 10.2 Å². The molecule has 0 aliphatic carbocycles. The van der Waals surface area contributed by atoms with Gasteiger partial charge in [0.2, 0.25) is 10.0 Å². The minimum Gasteiger partial charge on any atom is -0.292 e. The summed E-state index contributed by atoms with van der Waals surface area (Å²) in [7, 11) is -0.826. The number of fused-ring (bicyclic) bond motifs is 1. The van der Waals surface area contributed by atoms with E-state index >= 15 is 0 Å². The number of carbonyl (C=O) groups is 1. The van der Waals surface area contributed by atoms with E-state index < -0.39 is 21.7 Å². The molecule has 0 saturated heterocycles. The van der Waals surface area contributed by atoms with Crippen LogP contribution in [0.4, 0.5) is 0 Å². The molecule has 1 atom stereocenters. The van der Waals surface area contributed by atoms with Crippen molar-refractivity contribution in [2.75, 3.05) is 14.1 Å². The number of Topliss-reactive ketones (excluding diaryl/α,β-unsaturated/α-hetero) is 1. The molecule has 26 heavy (non-hydrogen) atoms. The van der Waals surface area contributed by atoms with Gasteiger partial charge in [-0.1, -0.05) is 24.3 Å². The summed E-state index contributed by atoms with van der Waals surface area (Å²) < 4.78 is 26.5. The second kappa shape index (κ2) is 6.96. The van der Waals surface area contributed by atoms with Crippen LogP contribution in [0, 0.1) is 11.3 Å². The van der Waals surface area contributed by atoms with Crippen molar-refractivity contribution in [1.82, 2.24) is 9.29 Å². The third-order valence-electron chi connectivity index (χ3n) is 3.85. The lowest BCUT2D eigenvalue weighted by Crippen LogP contribution is -2.22. The van der Waals surface area contributed by atoms with Gasteiger partial charge in [-0.2, -0.15) is 5.26 Å². The second-order valence-corrected chi connectivity index (χ2v) is 8.98. The van der Waals surface area contributed by atoms with Gasteiger partial charge >= 0.3 is 0 Å². The Balaban J connectivity index is 2.01. The maximum absolute atomic E-state index is 12.8. The van der Waals surface area contributed by atoms with E-state index in [-0.39, 0.29) is 10.5 Å². The number of benzene rings is 2. The van der Waals surface area contributed by atoms with Gasteiger partial charge in [0.25, 0.3) is 0 Å². The predicted octanol–water partition coefficient (Wildman–Crippen LogP) is 3.04. The van der Waals surface area contributed by atoms with Crippen LogP contribution in [0.5, 0.6) is 0 Å². The molecular formula is C18H15N3O3S2. The van der Waals surface area contributed by atoms with Gasteiger partial charge in [-0.3, -0.25) is 4.79 Å². The van der Waals surface area contributed by atoms with Gasteiger partial charge in [-0.25, -0.2) is 17.7 Å². The maximum atomic E-state index is 12.8. The molecule has 0 spiro atoms. The average molecular weight is 385 g/mol. The molecule has 8 heteroatoms. The third-order valence-corrected chi connectivity index (χ3v) is 6.76. The first kappa shape index (κ1) is 18.2. The summed E-state index contributed by atoms with van der Waals surface area (Å²) in [4.78, 5) is 17.2. The fourth-order valence-electron chi connectivity index (χ4n) is 2.43. The molecule has 3 aromatic rings. The summed E-state index contributed by atoms with van der Waals surface area (Å²) >= 11 is 1.29. The zero-order valence-electron chi connectivity index (χ0n) is 14.1. The summed E-state index contributed by atoms with van der Waals surface area (Å²) in [6.45, 7) is 0. The van der Waals surface area contributed by atoms with Gasteiger partial charge in [0, 0.05) is 19.7 Å². The van der Waals surface area contributed by atoms with Gasteiger partial charge < -0.3 is 0 Å². The number of rotatable bonds is 5. The van der Waals surface area contributed by atoms with E-state index in [0.29, 0.717) is 5.01 Å². The molecule has 2 aromatic carbocycles. The molecule has 3 rings (SSSR count). The Hall–Kier alpha value is -2.60. The van der Waals surface area contributed by atoms with Crippen molar-refractivity contribution in [2.45, 2.75) is 10.8 Å². The molecule has 0 unspecified atom stereocenters. The summed E-state index contributed by atoms with van der Waals surface area (Å²) in [5.41, 5.74) is 0.892. The van der Waals surface area contributed by atoms with Gasteiger partial charge in [-0.05, 0) is 24.3 Å². The molecule has 1 heterocycles. The van der Waals surface area contributed by atoms with Crippen molar-refractivity contribution in [3.8, 4) is 6.07 Å². The molecule has 0 fully saturated rings. The minimum absolute atomic E-state index is 0.00865. The SMILES string of the molecule is CN(C)S(=O)(=O)c1cccc(C(=O)[C@@H](C#N)c2nc3ccccc3s2)c1. The van der Waals surface area contributed by atoms with E-state index in [1.165, 1.54) is 49.7 Å². The van der Waals surface area contributed by atoms with Crippen molar-refractivity contribution in [3.63, 3.8) is 0 Å². The number of sulfonamides is 1. The molecule has 0 aliphatic rings. The summed E-state index contributed by atoms with van der Waals surface area (Å²) in [6, 6.07) is 15.1. The Morgan fingerprint density at radius 3 is 2.58 bits per heavy atom. The smallest absolute Gasteiger partial charge is 0.242 e. The molecule has 6 nitrogen and oxygen atoms in total. The number of hydrogen-bond acceptors (Lipinski definition) is 6. The van der Waals surface area contributed by atoms with Crippen LogP contribution in [0.1, 0.15) is 21.3 Å². The summed E-state index contributed by atoms with van der Waals surface area (Å²) in [5, 5.41) is 9.93. The highest BCUT2D eigenvalue weighted by molar-refractivity contribution is 7.89. The zero-order chi connectivity index (χ0) is 18.9. The lowest BCUT2D eigenvalue weighted by atomic mass is 9.99. The van der Waals surface area contributed by atoms with Crippen LogP contribution in [-0.4, -0.2) is 37.6 Å². The highest BCUT2D eigenvalue weighted by atomic mass is 32.2. The molecule has 0 aliphatic heterocycles. The van der Waals surface area contributed by atoms with Gasteiger partial charge in [0.05, 0.1) is 21.2 Å². The number of nitrogens with zero attached hydrogens (tertiary/aromatic N) is 3. The standard InChI is InChI=1S/C18H15N3O3S2/c1-21(2)26(23,24)13-7-5-6-12(10-13)17(22)14(11-19)18-20-15-8-3-4-9-16(15)25-18/h3-10,14H,1-2H3/t14-/m1/s1. The Morgan fingerprint density at radius 2 is 1.92 bits per heavy atom. The van der Waals surface area contributed by atoms with Crippen molar-refractivity contribution >= 4 is 37.4 Å². The van der Waals surface area contributed by atoms with Crippen molar-refractivity contribution in [3.05, 3.63) is 59.1 Å². The zero-order valence-corrected chi connectivity index (χ0v) is 15.7. The Morgan fingerprint density at radius 1 is 1.19 bits per heavy atom. The topological polar surface area (TPSA) is 91.1 Å². The number of nitriles is 1. The average Bonchev–Trinajstić information content (AvgIpc) is 3.05. The Bertz CT molecular complexity index is 1090. The first-order valence-corrected chi connectivity index (χ1v) is 9.92. The third kappa shape index (κ3) is 3.24. The molecule has 0 radical (unpaired) electrons. The van der Waals surface area contributed by atoms with Crippen molar-refractivity contribution < 1.29 is 13.2 Å². The summed E-state index contributed by atoms with van der Waals surface area (Å²) in [6.07, 6.45) is 0. The second-order valence-electron chi connectivity index (χ2n) is 5.76. The number of aromatic nitrogens is 1. The van der Waals surface area contributed by atoms with Crippen LogP contribution < -0.4 is 0 Å². The van der Waals surface area contributed by atoms with Crippen LogP contribution in [0.15, 0.2) is 53.4 Å². The number of ketones is 1. The lowest BCUT2D eigenvalue weighted by Gasteiger charge is -2.12. The molecule has 0 bridgehead atoms. The molecule has 132 valence electrons. The molecule has 0 N–H and O–H groups in total. The van der Waals surface area contributed by atoms with Crippen LogP contribution >= 0.6 is 11.3 Å². The van der Waals surface area contributed by atoms with Crippen molar-refractivity contribution in [2.24, 2.45) is 0 Å². The van der Waals surface area contributed by atoms with E-state index in [1.54, 1.807) is 0 Å². The molecule has 1 aromatic heterocycles. The number of para-hydroxylation sites is 1. The number of carbonyl (C=O) groups excluding carboxylic acids is 1. The molecule has 0 amide bonds. The fourth-order valence-corrected chi connectivity index (χ4v) is 4.39. The van der Waals surface area contributed by atoms with Gasteiger partial charge in [0.1, 0.15) is 5.01 Å². The Labute approximate surface area is 155 Å². The van der Waals surface area contributed by atoms with Crippen LogP contribution in [0.2, 0.25) is 0 Å². The highest BCUT2D eigenvalue weighted by Gasteiger charge is 2.27. The van der Waals surface area contributed by atoms with Crippen LogP contribution in [-0.2, 0) is 10.0 Å². The monoisotopic (exact) mass is 385 g/mol. The largest absolute Gasteiger partial charge is 0.292 e. The van der Waals surface area contributed by atoms with Crippen LogP contribution in [0.3, 0.4) is 0 Å². The van der Waals surface area contributed by atoms with E-state index in [1.807, 2.05) is 30.3 Å². The van der Waals surface area contributed by atoms with Crippen molar-refractivity contribution in [1.29, 1.82) is 5.26 Å². The lowest BCUT2D eigenvalue weighted by molar-refractivity contribution is 0.0978. The highest BCUT2D eigenvalue weighted by Crippen LogP contribution is 2.30. The predicted molar refractivity (Wildman–Crippen MR) is 99.6 cm³/mol. The van der Waals surface area contributed by atoms with Gasteiger partial charge in [-0.15, -0.1) is 11.3 Å². The van der Waals surface area contributed by atoms with E-state index in [9.17, 15) is 18.5 Å². The fraction of sp³-hybridized carbons (Fsp3) is 0.167. The first-order chi connectivity index (χ1) is 12.3.